The molecule has 4 fully saturated rings. The van der Waals surface area contributed by atoms with Crippen molar-refractivity contribution < 1.29 is 23.0 Å². The lowest BCUT2D eigenvalue weighted by molar-refractivity contribution is 0.107. The van der Waals surface area contributed by atoms with Gasteiger partial charge in [0.1, 0.15) is 35.7 Å². The van der Waals surface area contributed by atoms with Gasteiger partial charge < -0.3 is 14.7 Å². The van der Waals surface area contributed by atoms with Crippen LogP contribution in [0, 0.1) is 11.6 Å². The monoisotopic (exact) mass is 620 g/mol. The average molecular weight is 621 g/mol. The minimum absolute atomic E-state index is 0.0301. The third kappa shape index (κ3) is 4.59. The van der Waals surface area contributed by atoms with Crippen molar-refractivity contribution in [2.24, 2.45) is 0 Å². The van der Waals surface area contributed by atoms with Gasteiger partial charge in [-0.05, 0) is 84.8 Å². The number of anilines is 1. The fraction of sp³-hybridized carbons (Fsp3) is 0.471. The molecule has 2 unspecified atom stereocenters. The van der Waals surface area contributed by atoms with Gasteiger partial charge in [0.15, 0.2) is 5.82 Å². The number of fused-ring (bicyclic) bond motifs is 5. The van der Waals surface area contributed by atoms with Gasteiger partial charge >= 0.3 is 6.01 Å². The van der Waals surface area contributed by atoms with Crippen LogP contribution in [0.25, 0.3) is 32.8 Å². The summed E-state index contributed by atoms with van der Waals surface area (Å²) in [6.45, 7) is 4.99. The Morgan fingerprint density at radius 3 is 2.66 bits per heavy atom. The van der Waals surface area contributed by atoms with Gasteiger partial charge in [-0.15, -0.1) is 0 Å². The first-order valence-corrected chi connectivity index (χ1v) is 16.6. The third-order valence-corrected chi connectivity index (χ3v) is 11.7. The van der Waals surface area contributed by atoms with Gasteiger partial charge in [-0.1, -0.05) is 19.1 Å². The van der Waals surface area contributed by atoms with Crippen LogP contribution in [-0.4, -0.2) is 75.0 Å². The highest BCUT2D eigenvalue weighted by Gasteiger charge is 2.49. The summed E-state index contributed by atoms with van der Waals surface area (Å²) in [6, 6.07) is 9.66. The number of halogens is 3. The van der Waals surface area contributed by atoms with Crippen molar-refractivity contribution in [1.82, 2.24) is 14.9 Å². The smallest absolute Gasteiger partial charge is 0.319 e. The minimum atomic E-state index is -0.886. The molecule has 0 aliphatic carbocycles. The number of alkyl halides is 1. The van der Waals surface area contributed by atoms with E-state index >= 15 is 4.39 Å². The van der Waals surface area contributed by atoms with Gasteiger partial charge in [-0.2, -0.15) is 21.7 Å². The summed E-state index contributed by atoms with van der Waals surface area (Å²) >= 11 is 2.02. The van der Waals surface area contributed by atoms with E-state index in [9.17, 15) is 13.9 Å². The number of benzene rings is 3. The highest BCUT2D eigenvalue weighted by molar-refractivity contribution is 8.00. The largest absolute Gasteiger partial charge is 0.508 e. The average Bonchev–Trinajstić information content (AvgIpc) is 3.66. The van der Waals surface area contributed by atoms with Crippen molar-refractivity contribution in [3.05, 3.63) is 53.6 Å². The molecule has 3 aromatic carbocycles. The normalized spacial score (nSPS) is 26.6. The first-order chi connectivity index (χ1) is 21.3. The zero-order valence-electron chi connectivity index (χ0n) is 24.7. The molecule has 4 aromatic rings. The maximum absolute atomic E-state index is 16.8. The zero-order valence-corrected chi connectivity index (χ0v) is 25.5. The van der Waals surface area contributed by atoms with Gasteiger partial charge in [0, 0.05) is 47.5 Å². The fourth-order valence-electron chi connectivity index (χ4n) is 8.13. The van der Waals surface area contributed by atoms with E-state index in [1.54, 1.807) is 18.2 Å². The van der Waals surface area contributed by atoms with Crippen molar-refractivity contribution in [3.63, 3.8) is 0 Å². The number of phenols is 1. The van der Waals surface area contributed by atoms with Crippen molar-refractivity contribution in [2.45, 2.75) is 67.7 Å². The summed E-state index contributed by atoms with van der Waals surface area (Å²) in [7, 11) is 0. The Hall–Kier alpha value is -3.24. The molecule has 0 spiro atoms. The fourth-order valence-corrected chi connectivity index (χ4v) is 9.75. The molecule has 6 nitrogen and oxygen atoms in total. The van der Waals surface area contributed by atoms with E-state index in [0.29, 0.717) is 63.0 Å². The van der Waals surface area contributed by atoms with E-state index in [0.717, 1.165) is 45.3 Å². The van der Waals surface area contributed by atoms with Crippen LogP contribution in [0.15, 0.2) is 36.4 Å². The van der Waals surface area contributed by atoms with Crippen LogP contribution in [0.1, 0.15) is 44.6 Å². The van der Waals surface area contributed by atoms with Crippen molar-refractivity contribution in [3.8, 4) is 22.9 Å². The van der Waals surface area contributed by atoms with Crippen LogP contribution >= 0.6 is 11.8 Å². The topological polar surface area (TPSA) is 61.7 Å². The Bertz CT molecular complexity index is 1780. The standard InChI is InChI=1S/C34H35F3N4O2S/c1-2-24-28(36)9-4-19-12-21(42)13-27(29(19)24)25-7-8-26-31(30(25)37)38-33(39-32(26)40-16-22-5-6-23(17-40)44-22)43-18-34-10-3-11-41(34)15-20(35)14-34/h4,7-9,12-13,20,22-23,42H,2-3,5-6,10-11,14-18H2,1H3/t20-,22?,23?,34+/m1/s1. The molecule has 1 aromatic heterocycles. The van der Waals surface area contributed by atoms with E-state index < -0.39 is 12.0 Å². The maximum atomic E-state index is 16.8. The molecule has 1 N–H and O–H groups in total. The van der Waals surface area contributed by atoms with Crippen LogP contribution < -0.4 is 9.64 Å². The predicted octanol–water partition coefficient (Wildman–Crippen LogP) is 7.04. The van der Waals surface area contributed by atoms with E-state index in [1.165, 1.54) is 12.1 Å². The Morgan fingerprint density at radius 1 is 1.05 bits per heavy atom. The molecule has 8 rings (SSSR count). The summed E-state index contributed by atoms with van der Waals surface area (Å²) < 4.78 is 52.5. The second-order valence-corrected chi connectivity index (χ2v) is 14.5. The molecule has 0 amide bonds. The van der Waals surface area contributed by atoms with Crippen LogP contribution in [0.3, 0.4) is 0 Å². The molecule has 5 heterocycles. The number of phenolic OH excluding ortho intramolecular Hbond substituents is 1. The van der Waals surface area contributed by atoms with E-state index in [-0.39, 0.29) is 40.8 Å². The molecule has 4 aliphatic heterocycles. The zero-order chi connectivity index (χ0) is 30.2. The van der Waals surface area contributed by atoms with Crippen LogP contribution in [0.5, 0.6) is 11.8 Å². The molecular weight excluding hydrogens is 585 g/mol. The Morgan fingerprint density at radius 2 is 1.86 bits per heavy atom. The van der Waals surface area contributed by atoms with Crippen LogP contribution in [0.4, 0.5) is 19.0 Å². The highest BCUT2D eigenvalue weighted by Crippen LogP contribution is 2.44. The van der Waals surface area contributed by atoms with Crippen molar-refractivity contribution in [2.75, 3.05) is 37.7 Å². The van der Waals surface area contributed by atoms with E-state index in [2.05, 4.69) is 14.8 Å². The first kappa shape index (κ1) is 28.2. The molecule has 230 valence electrons. The molecule has 2 bridgehead atoms. The summed E-state index contributed by atoms with van der Waals surface area (Å²) in [6.07, 6.45) is 4.09. The number of aromatic hydroxyl groups is 1. The first-order valence-electron chi connectivity index (χ1n) is 15.7. The SMILES string of the molecule is CCc1c(F)ccc2cc(O)cc(-c3ccc4c(N5CC6CCC(C5)S6)nc(OC[C@@]56CCCN5C[C@H](F)C6)nc4c3F)c12. The molecule has 4 aliphatic rings. The number of hydrogen-bond donors (Lipinski definition) is 1. The number of rotatable bonds is 6. The Kier molecular flexibility index (Phi) is 6.86. The van der Waals surface area contributed by atoms with Gasteiger partial charge in [-0.25, -0.2) is 13.2 Å². The number of nitrogens with zero attached hydrogens (tertiary/aromatic N) is 4. The molecule has 0 saturated carbocycles. The van der Waals surface area contributed by atoms with E-state index in [4.69, 9.17) is 9.72 Å². The molecule has 4 saturated heterocycles. The number of ether oxygens (including phenoxy) is 1. The summed E-state index contributed by atoms with van der Waals surface area (Å²) in [5.74, 6) is -0.329. The predicted molar refractivity (Wildman–Crippen MR) is 169 cm³/mol. The third-order valence-electron chi connectivity index (χ3n) is 10.1. The summed E-state index contributed by atoms with van der Waals surface area (Å²) in [5, 5.41) is 13.4. The van der Waals surface area contributed by atoms with Crippen LogP contribution in [0.2, 0.25) is 0 Å². The van der Waals surface area contributed by atoms with E-state index in [1.807, 2.05) is 24.8 Å². The number of aryl methyl sites for hydroxylation is 1. The van der Waals surface area contributed by atoms with Crippen molar-refractivity contribution in [1.29, 1.82) is 0 Å². The van der Waals surface area contributed by atoms with Gasteiger partial charge in [0.2, 0.25) is 0 Å². The second-order valence-electron chi connectivity index (χ2n) is 12.9. The quantitative estimate of drug-likeness (QED) is 0.248. The number of aromatic nitrogens is 2. The van der Waals surface area contributed by atoms with Gasteiger partial charge in [0.25, 0.3) is 0 Å². The Labute approximate surface area is 258 Å². The maximum Gasteiger partial charge on any atom is 0.319 e. The van der Waals surface area contributed by atoms with Gasteiger partial charge in [-0.3, -0.25) is 4.90 Å². The molecular formula is C34H35F3N4O2S. The van der Waals surface area contributed by atoms with Gasteiger partial charge in [0.05, 0.1) is 5.54 Å². The highest BCUT2D eigenvalue weighted by atomic mass is 32.2. The molecule has 0 radical (unpaired) electrons. The molecule has 10 heteroatoms. The van der Waals surface area contributed by atoms with Crippen molar-refractivity contribution >= 4 is 39.3 Å². The lowest BCUT2D eigenvalue weighted by Gasteiger charge is -2.33. The molecule has 4 atom stereocenters. The lowest BCUT2D eigenvalue weighted by Crippen LogP contribution is -2.43. The second kappa shape index (κ2) is 10.7. The summed E-state index contributed by atoms with van der Waals surface area (Å²) in [5.41, 5.74) is 0.829. The minimum Gasteiger partial charge on any atom is -0.508 e. The lowest BCUT2D eigenvalue weighted by atomic mass is 9.92. The Balaban J connectivity index is 1.27. The molecule has 44 heavy (non-hydrogen) atoms. The number of thioether (sulfide) groups is 1. The summed E-state index contributed by atoms with van der Waals surface area (Å²) in [4.78, 5) is 13.9. The van der Waals surface area contributed by atoms with Crippen LogP contribution in [-0.2, 0) is 6.42 Å². The number of hydrogen-bond acceptors (Lipinski definition) is 7.